The number of rotatable bonds is 3. The van der Waals surface area contributed by atoms with Gasteiger partial charge in [0, 0.05) is 43.4 Å². The molecule has 6 nitrogen and oxygen atoms in total. The maximum atomic E-state index is 12.9. The van der Waals surface area contributed by atoms with E-state index in [0.29, 0.717) is 30.0 Å². The third-order valence-electron chi connectivity index (χ3n) is 5.10. The van der Waals surface area contributed by atoms with Crippen molar-refractivity contribution in [1.29, 1.82) is 0 Å². The number of benzene rings is 1. The van der Waals surface area contributed by atoms with Crippen LogP contribution in [0.4, 0.5) is 5.69 Å². The Morgan fingerprint density at radius 1 is 1.19 bits per heavy atom. The van der Waals surface area contributed by atoms with Crippen LogP contribution < -0.4 is 4.90 Å². The van der Waals surface area contributed by atoms with Gasteiger partial charge in [0.05, 0.1) is 0 Å². The molecule has 134 valence electrons. The molecule has 7 heteroatoms. The lowest BCUT2D eigenvalue weighted by Gasteiger charge is -2.36. The minimum absolute atomic E-state index is 0.163. The van der Waals surface area contributed by atoms with Crippen molar-refractivity contribution < 1.29 is 9.59 Å². The highest BCUT2D eigenvalue weighted by atomic mass is 32.1. The van der Waals surface area contributed by atoms with Gasteiger partial charge in [-0.3, -0.25) is 14.0 Å². The molecule has 0 atom stereocenters. The van der Waals surface area contributed by atoms with Gasteiger partial charge in [0.2, 0.25) is 0 Å². The van der Waals surface area contributed by atoms with Gasteiger partial charge in [0.25, 0.3) is 5.91 Å². The monoisotopic (exact) mass is 368 g/mol. The van der Waals surface area contributed by atoms with E-state index in [9.17, 15) is 9.59 Å². The Balaban J connectivity index is 1.52. The van der Waals surface area contributed by atoms with Crippen molar-refractivity contribution in [3.8, 4) is 0 Å². The number of aromatic nitrogens is 2. The van der Waals surface area contributed by atoms with Gasteiger partial charge in [-0.15, -0.1) is 11.3 Å². The minimum Gasteiger partial charge on any atom is -0.368 e. The van der Waals surface area contributed by atoms with Crippen LogP contribution in [-0.2, 0) is 0 Å². The average molecular weight is 368 g/mol. The fourth-order valence-corrected chi connectivity index (χ4v) is 4.17. The molecule has 1 amide bonds. The second-order valence-electron chi connectivity index (χ2n) is 6.52. The lowest BCUT2D eigenvalue weighted by atomic mass is 10.1. The first-order valence-corrected chi connectivity index (χ1v) is 9.49. The summed E-state index contributed by atoms with van der Waals surface area (Å²) in [5.74, 6) is -0.163. The number of aryl methyl sites for hydroxylation is 1. The molecule has 26 heavy (non-hydrogen) atoms. The first kappa shape index (κ1) is 16.8. The number of nitrogens with zero attached hydrogens (tertiary/aromatic N) is 4. The van der Waals surface area contributed by atoms with Crippen LogP contribution in [0.2, 0.25) is 0 Å². The summed E-state index contributed by atoms with van der Waals surface area (Å²) in [5, 5.41) is 1.85. The maximum absolute atomic E-state index is 12.9. The lowest BCUT2D eigenvalue weighted by Crippen LogP contribution is -2.49. The minimum atomic E-state index is -0.163. The Kier molecular flexibility index (Phi) is 4.24. The topological polar surface area (TPSA) is 57.9 Å². The zero-order valence-corrected chi connectivity index (χ0v) is 15.6. The van der Waals surface area contributed by atoms with Crippen LogP contribution in [-0.4, -0.2) is 52.7 Å². The summed E-state index contributed by atoms with van der Waals surface area (Å²) in [6.07, 6.45) is 2.48. The number of amides is 1. The lowest BCUT2D eigenvalue weighted by molar-refractivity contribution is 0.0738. The average Bonchev–Trinajstić information content (AvgIpc) is 3.24. The van der Waals surface area contributed by atoms with Crippen molar-refractivity contribution in [2.45, 2.75) is 13.8 Å². The van der Waals surface area contributed by atoms with E-state index in [1.807, 2.05) is 5.38 Å². The van der Waals surface area contributed by atoms with Gasteiger partial charge in [0.15, 0.2) is 16.9 Å². The Labute approximate surface area is 155 Å². The quantitative estimate of drug-likeness (QED) is 0.667. The number of fused-ring (bicyclic) bond motifs is 1. The number of hydrogen-bond donors (Lipinski definition) is 0. The van der Waals surface area contributed by atoms with Crippen LogP contribution in [0.3, 0.4) is 0 Å². The molecule has 1 fully saturated rings. The van der Waals surface area contributed by atoms with Crippen LogP contribution in [0.1, 0.15) is 32.1 Å². The summed E-state index contributed by atoms with van der Waals surface area (Å²) in [5.41, 5.74) is 4.38. The summed E-state index contributed by atoms with van der Waals surface area (Å²) in [6.45, 7) is 7.04. The van der Waals surface area contributed by atoms with Crippen LogP contribution >= 0.6 is 11.3 Å². The highest BCUT2D eigenvalue weighted by molar-refractivity contribution is 7.15. The Morgan fingerprint density at radius 2 is 1.96 bits per heavy atom. The van der Waals surface area contributed by atoms with Crippen molar-refractivity contribution in [3.63, 3.8) is 0 Å². The number of carbonyl (C=O) groups is 2. The van der Waals surface area contributed by atoms with Crippen LogP contribution in [0.15, 0.2) is 29.8 Å². The van der Waals surface area contributed by atoms with Crippen molar-refractivity contribution >= 4 is 34.2 Å². The second kappa shape index (κ2) is 6.57. The largest absolute Gasteiger partial charge is 0.368 e. The van der Waals surface area contributed by atoms with E-state index in [1.165, 1.54) is 28.2 Å². The fourth-order valence-electron chi connectivity index (χ4n) is 3.45. The highest BCUT2D eigenvalue weighted by Crippen LogP contribution is 2.24. The first-order chi connectivity index (χ1) is 12.6. The van der Waals surface area contributed by atoms with Gasteiger partial charge in [-0.25, -0.2) is 4.98 Å². The number of piperazine rings is 1. The van der Waals surface area contributed by atoms with Gasteiger partial charge >= 0.3 is 0 Å². The molecule has 4 rings (SSSR count). The summed E-state index contributed by atoms with van der Waals surface area (Å²) in [6, 6.07) is 6.32. The van der Waals surface area contributed by atoms with Gasteiger partial charge < -0.3 is 9.80 Å². The zero-order chi connectivity index (χ0) is 18.3. The summed E-state index contributed by atoms with van der Waals surface area (Å²) >= 11 is 1.42. The molecule has 0 saturated carbocycles. The third kappa shape index (κ3) is 2.68. The summed E-state index contributed by atoms with van der Waals surface area (Å²) in [4.78, 5) is 33.5. The molecule has 0 N–H and O–H groups in total. The summed E-state index contributed by atoms with van der Waals surface area (Å²) < 4.78 is 1.68. The van der Waals surface area contributed by atoms with E-state index >= 15 is 0 Å². The van der Waals surface area contributed by atoms with Gasteiger partial charge in [-0.2, -0.15) is 0 Å². The third-order valence-corrected chi connectivity index (χ3v) is 5.85. The molecule has 1 aliphatic rings. The number of aldehydes is 1. The van der Waals surface area contributed by atoms with Crippen molar-refractivity contribution in [3.05, 3.63) is 52.3 Å². The van der Waals surface area contributed by atoms with Crippen LogP contribution in [0.25, 0.3) is 4.96 Å². The fraction of sp³-hybridized carbons (Fsp3) is 0.316. The van der Waals surface area contributed by atoms with E-state index < -0.39 is 0 Å². The van der Waals surface area contributed by atoms with E-state index in [1.54, 1.807) is 15.5 Å². The molecule has 1 aliphatic heterocycles. The number of carbonyl (C=O) groups excluding carboxylic acids is 2. The molecule has 0 spiro atoms. The molecule has 2 aromatic heterocycles. The molecule has 3 heterocycles. The SMILES string of the molecule is Cc1cccc(N2CCN(C(=O)c3nc4sccn4c3C=O)CC2)c1C. The first-order valence-electron chi connectivity index (χ1n) is 8.61. The molecular weight excluding hydrogens is 348 g/mol. The predicted octanol–water partition coefficient (Wildman–Crippen LogP) is 2.79. The Bertz CT molecular complexity index is 983. The second-order valence-corrected chi connectivity index (χ2v) is 7.39. The van der Waals surface area contributed by atoms with E-state index in [4.69, 9.17) is 0 Å². The Hall–Kier alpha value is -2.67. The normalized spacial score (nSPS) is 14.8. The number of anilines is 1. The zero-order valence-electron chi connectivity index (χ0n) is 14.8. The van der Waals surface area contributed by atoms with Crippen LogP contribution in [0.5, 0.6) is 0 Å². The number of imidazole rings is 1. The molecule has 1 saturated heterocycles. The standard InChI is InChI=1S/C19H20N4O2S/c1-13-4-3-5-15(14(13)2)21-6-8-22(9-7-21)18(25)17-16(12-24)23-10-11-26-19(23)20-17/h3-5,10-12H,6-9H2,1-2H3. The van der Waals surface area contributed by atoms with Crippen molar-refractivity contribution in [1.82, 2.24) is 14.3 Å². The van der Waals surface area contributed by atoms with Gasteiger partial charge in [-0.1, -0.05) is 12.1 Å². The summed E-state index contributed by atoms with van der Waals surface area (Å²) in [7, 11) is 0. The molecule has 1 aromatic carbocycles. The maximum Gasteiger partial charge on any atom is 0.275 e. The molecule has 0 unspecified atom stereocenters. The number of thiazole rings is 1. The Morgan fingerprint density at radius 3 is 2.69 bits per heavy atom. The predicted molar refractivity (Wildman–Crippen MR) is 102 cm³/mol. The highest BCUT2D eigenvalue weighted by Gasteiger charge is 2.27. The molecular formula is C19H20N4O2S. The number of hydrogen-bond acceptors (Lipinski definition) is 5. The van der Waals surface area contributed by atoms with Crippen LogP contribution in [0, 0.1) is 13.8 Å². The molecule has 0 bridgehead atoms. The van der Waals surface area contributed by atoms with Crippen molar-refractivity contribution in [2.75, 3.05) is 31.1 Å². The van der Waals surface area contributed by atoms with Gasteiger partial charge in [0.1, 0.15) is 5.69 Å². The molecule has 0 aliphatic carbocycles. The van der Waals surface area contributed by atoms with Gasteiger partial charge in [-0.05, 0) is 31.0 Å². The smallest absolute Gasteiger partial charge is 0.275 e. The molecule has 0 radical (unpaired) electrons. The van der Waals surface area contributed by atoms with Crippen molar-refractivity contribution in [2.24, 2.45) is 0 Å². The van der Waals surface area contributed by atoms with E-state index in [0.717, 1.165) is 13.1 Å². The van der Waals surface area contributed by atoms with E-state index in [-0.39, 0.29) is 11.6 Å². The molecule has 3 aromatic rings. The van der Waals surface area contributed by atoms with E-state index in [2.05, 4.69) is 41.9 Å².